The zero-order chi connectivity index (χ0) is 12.2. The number of hydrogen-bond acceptors (Lipinski definition) is 3. The summed E-state index contributed by atoms with van der Waals surface area (Å²) in [6.07, 6.45) is 1.85. The maximum absolute atomic E-state index is 10.9. The monoisotopic (exact) mass is 261 g/mol. The molecule has 16 heavy (non-hydrogen) atoms. The second-order valence-corrected chi connectivity index (χ2v) is 6.57. The Morgan fingerprint density at radius 1 is 1.38 bits per heavy atom. The van der Waals surface area contributed by atoms with Gasteiger partial charge in [0.25, 0.3) is 0 Å². The lowest BCUT2D eigenvalue weighted by atomic mass is 10.2. The molecule has 90 valence electrons. The molecule has 0 aliphatic carbocycles. The predicted molar refractivity (Wildman–Crippen MR) is 69.0 cm³/mol. The van der Waals surface area contributed by atoms with Crippen molar-refractivity contribution in [3.8, 4) is 0 Å². The van der Waals surface area contributed by atoms with Crippen LogP contribution in [0, 0.1) is 6.92 Å². The molecule has 5 heteroatoms. The number of halogens is 1. The van der Waals surface area contributed by atoms with Gasteiger partial charge in [0.15, 0.2) is 0 Å². The summed E-state index contributed by atoms with van der Waals surface area (Å²) in [7, 11) is -2.86. The van der Waals surface area contributed by atoms with Gasteiger partial charge in [0.2, 0.25) is 0 Å². The van der Waals surface area contributed by atoms with E-state index in [9.17, 15) is 8.42 Å². The van der Waals surface area contributed by atoms with Crippen LogP contribution in [-0.4, -0.2) is 27.0 Å². The molecule has 1 aromatic rings. The van der Waals surface area contributed by atoms with Gasteiger partial charge in [-0.05, 0) is 31.0 Å². The zero-order valence-electron chi connectivity index (χ0n) is 9.46. The molecule has 1 rings (SSSR count). The highest BCUT2D eigenvalue weighted by atomic mass is 35.5. The van der Waals surface area contributed by atoms with Crippen molar-refractivity contribution in [1.82, 2.24) is 0 Å². The van der Waals surface area contributed by atoms with Crippen LogP contribution in [0.3, 0.4) is 0 Å². The SMILES string of the molecule is Cc1ccc(Cl)cc1NCCCS(C)(=O)=O. The third-order valence-electron chi connectivity index (χ3n) is 2.21. The molecular weight excluding hydrogens is 246 g/mol. The highest BCUT2D eigenvalue weighted by Crippen LogP contribution is 2.19. The molecule has 0 fully saturated rings. The number of benzene rings is 1. The topological polar surface area (TPSA) is 46.2 Å². The van der Waals surface area contributed by atoms with Crippen LogP contribution in [0.15, 0.2) is 18.2 Å². The number of rotatable bonds is 5. The second-order valence-electron chi connectivity index (χ2n) is 3.87. The molecule has 0 aliphatic rings. The minimum absolute atomic E-state index is 0.208. The van der Waals surface area contributed by atoms with Gasteiger partial charge in [-0.2, -0.15) is 0 Å². The van der Waals surface area contributed by atoms with Gasteiger partial charge in [0.05, 0.1) is 5.75 Å². The Morgan fingerprint density at radius 3 is 2.69 bits per heavy atom. The molecule has 0 atom stereocenters. The highest BCUT2D eigenvalue weighted by Gasteiger charge is 2.02. The van der Waals surface area contributed by atoms with Crippen LogP contribution in [0.2, 0.25) is 5.02 Å². The molecule has 0 aliphatic heterocycles. The zero-order valence-corrected chi connectivity index (χ0v) is 11.0. The number of aryl methyl sites for hydroxylation is 1. The first kappa shape index (κ1) is 13.3. The summed E-state index contributed by atoms with van der Waals surface area (Å²) >= 11 is 5.87. The molecular formula is C11H16ClNO2S. The van der Waals surface area contributed by atoms with E-state index in [4.69, 9.17) is 11.6 Å². The van der Waals surface area contributed by atoms with E-state index in [1.165, 1.54) is 6.26 Å². The van der Waals surface area contributed by atoms with Crippen molar-refractivity contribution in [2.45, 2.75) is 13.3 Å². The fraction of sp³-hybridized carbons (Fsp3) is 0.455. The fourth-order valence-electron chi connectivity index (χ4n) is 1.34. The Morgan fingerprint density at radius 2 is 2.06 bits per heavy atom. The normalized spacial score (nSPS) is 11.4. The maximum atomic E-state index is 10.9. The van der Waals surface area contributed by atoms with E-state index in [0.29, 0.717) is 18.0 Å². The van der Waals surface area contributed by atoms with Gasteiger partial charge in [0, 0.05) is 23.5 Å². The van der Waals surface area contributed by atoms with Gasteiger partial charge >= 0.3 is 0 Å². The average Bonchev–Trinajstić information content (AvgIpc) is 2.16. The largest absolute Gasteiger partial charge is 0.385 e. The second kappa shape index (κ2) is 5.55. The lowest BCUT2D eigenvalue weighted by Gasteiger charge is -2.09. The Kier molecular flexibility index (Phi) is 4.62. The highest BCUT2D eigenvalue weighted by molar-refractivity contribution is 7.90. The molecule has 0 heterocycles. The smallest absolute Gasteiger partial charge is 0.147 e. The molecule has 0 unspecified atom stereocenters. The minimum Gasteiger partial charge on any atom is -0.385 e. The molecule has 0 aromatic heterocycles. The molecule has 1 aromatic carbocycles. The van der Waals surface area contributed by atoms with Crippen LogP contribution in [0.4, 0.5) is 5.69 Å². The molecule has 3 nitrogen and oxygen atoms in total. The van der Waals surface area contributed by atoms with E-state index in [2.05, 4.69) is 5.32 Å². The Labute approximate surface area is 102 Å². The van der Waals surface area contributed by atoms with Crippen LogP contribution in [0.1, 0.15) is 12.0 Å². The van der Waals surface area contributed by atoms with E-state index in [-0.39, 0.29) is 5.75 Å². The quantitative estimate of drug-likeness (QED) is 0.829. The van der Waals surface area contributed by atoms with Crippen molar-refractivity contribution < 1.29 is 8.42 Å². The summed E-state index contributed by atoms with van der Waals surface area (Å²) in [5, 5.41) is 3.85. The van der Waals surface area contributed by atoms with Gasteiger partial charge < -0.3 is 5.32 Å². The number of hydrogen-bond donors (Lipinski definition) is 1. The van der Waals surface area contributed by atoms with Crippen molar-refractivity contribution in [3.05, 3.63) is 28.8 Å². The summed E-state index contributed by atoms with van der Waals surface area (Å²) < 4.78 is 21.8. The van der Waals surface area contributed by atoms with Crippen molar-refractivity contribution >= 4 is 27.1 Å². The summed E-state index contributed by atoms with van der Waals surface area (Å²) in [6.45, 7) is 2.61. The van der Waals surface area contributed by atoms with E-state index in [0.717, 1.165) is 11.3 Å². The number of sulfone groups is 1. The Hall–Kier alpha value is -0.740. The molecule has 0 spiro atoms. The first-order valence-electron chi connectivity index (χ1n) is 5.06. The van der Waals surface area contributed by atoms with Crippen molar-refractivity contribution in [3.63, 3.8) is 0 Å². The van der Waals surface area contributed by atoms with Crippen molar-refractivity contribution in [1.29, 1.82) is 0 Å². The van der Waals surface area contributed by atoms with Crippen molar-refractivity contribution in [2.24, 2.45) is 0 Å². The first-order chi connectivity index (χ1) is 7.38. The maximum Gasteiger partial charge on any atom is 0.147 e. The summed E-state index contributed by atoms with van der Waals surface area (Å²) in [6, 6.07) is 5.61. The predicted octanol–water partition coefficient (Wildman–Crippen LogP) is 2.50. The lowest BCUT2D eigenvalue weighted by molar-refractivity contribution is 0.600. The van der Waals surface area contributed by atoms with Gasteiger partial charge in [-0.15, -0.1) is 0 Å². The molecule has 1 N–H and O–H groups in total. The van der Waals surface area contributed by atoms with Gasteiger partial charge in [0.1, 0.15) is 9.84 Å². The van der Waals surface area contributed by atoms with Gasteiger partial charge in [-0.25, -0.2) is 8.42 Å². The third-order valence-corrected chi connectivity index (χ3v) is 3.47. The summed E-state index contributed by atoms with van der Waals surface area (Å²) in [5.74, 6) is 0.208. The molecule has 0 amide bonds. The molecule has 0 bridgehead atoms. The van der Waals surface area contributed by atoms with E-state index < -0.39 is 9.84 Å². The Balaban J connectivity index is 2.46. The van der Waals surface area contributed by atoms with E-state index in [1.54, 1.807) is 0 Å². The van der Waals surface area contributed by atoms with Crippen molar-refractivity contribution in [2.75, 3.05) is 23.9 Å². The summed E-state index contributed by atoms with van der Waals surface area (Å²) in [5.41, 5.74) is 2.06. The molecule has 0 saturated carbocycles. The van der Waals surface area contributed by atoms with Crippen LogP contribution >= 0.6 is 11.6 Å². The third kappa shape index (κ3) is 4.86. The van der Waals surface area contributed by atoms with E-state index in [1.807, 2.05) is 25.1 Å². The molecule has 0 saturated heterocycles. The van der Waals surface area contributed by atoms with Gasteiger partial charge in [-0.1, -0.05) is 17.7 Å². The summed E-state index contributed by atoms with van der Waals surface area (Å²) in [4.78, 5) is 0. The van der Waals surface area contributed by atoms with Crippen LogP contribution in [0.25, 0.3) is 0 Å². The number of anilines is 1. The molecule has 0 radical (unpaired) electrons. The van der Waals surface area contributed by atoms with Crippen LogP contribution in [-0.2, 0) is 9.84 Å². The standard InChI is InChI=1S/C11H16ClNO2S/c1-9-4-5-10(12)8-11(9)13-6-3-7-16(2,14)15/h4-5,8,13H,3,6-7H2,1-2H3. The average molecular weight is 262 g/mol. The van der Waals surface area contributed by atoms with Crippen LogP contribution < -0.4 is 5.32 Å². The minimum atomic E-state index is -2.86. The Bertz CT molecular complexity index is 457. The number of nitrogens with one attached hydrogen (secondary N) is 1. The van der Waals surface area contributed by atoms with Crippen LogP contribution in [0.5, 0.6) is 0 Å². The lowest BCUT2D eigenvalue weighted by Crippen LogP contribution is -2.10. The van der Waals surface area contributed by atoms with Gasteiger partial charge in [-0.3, -0.25) is 0 Å². The fourth-order valence-corrected chi connectivity index (χ4v) is 2.18. The van der Waals surface area contributed by atoms with E-state index >= 15 is 0 Å². The first-order valence-corrected chi connectivity index (χ1v) is 7.50.